The van der Waals surface area contributed by atoms with Gasteiger partial charge in [0.25, 0.3) is 0 Å². The average molecular weight is 354 g/mol. The van der Waals surface area contributed by atoms with Crippen LogP contribution in [0.1, 0.15) is 28.5 Å². The first-order valence-corrected chi connectivity index (χ1v) is 8.57. The van der Waals surface area contributed by atoms with E-state index >= 15 is 0 Å². The lowest BCUT2D eigenvalue weighted by Gasteiger charge is -2.31. The predicted molar refractivity (Wildman–Crippen MR) is 103 cm³/mol. The zero-order valence-electron chi connectivity index (χ0n) is 16.0. The number of ether oxygens (including phenoxy) is 2. The Kier molecular flexibility index (Phi) is 5.20. The molecule has 1 aliphatic rings. The van der Waals surface area contributed by atoms with E-state index in [2.05, 4.69) is 4.90 Å². The van der Waals surface area contributed by atoms with Crippen molar-refractivity contribution < 1.29 is 14.6 Å². The van der Waals surface area contributed by atoms with E-state index in [0.29, 0.717) is 0 Å². The normalized spacial score (nSPS) is 16.3. The molecular formula is C21H26N2O3. The molecule has 138 valence electrons. The molecule has 1 N–H and O–H groups in total. The minimum atomic E-state index is -0.657. The van der Waals surface area contributed by atoms with E-state index in [9.17, 15) is 5.11 Å². The van der Waals surface area contributed by atoms with E-state index < -0.39 is 6.23 Å². The van der Waals surface area contributed by atoms with E-state index in [1.165, 1.54) is 0 Å². The summed E-state index contributed by atoms with van der Waals surface area (Å²) < 4.78 is 11.3. The van der Waals surface area contributed by atoms with Gasteiger partial charge in [0.05, 0.1) is 14.2 Å². The van der Waals surface area contributed by atoms with Gasteiger partial charge in [0.15, 0.2) is 6.23 Å². The lowest BCUT2D eigenvalue weighted by Crippen LogP contribution is -2.24. The summed E-state index contributed by atoms with van der Waals surface area (Å²) in [5.41, 5.74) is 4.89. The molecule has 0 bridgehead atoms. The van der Waals surface area contributed by atoms with Crippen molar-refractivity contribution in [1.29, 1.82) is 0 Å². The quantitative estimate of drug-likeness (QED) is 0.894. The number of rotatable bonds is 5. The molecule has 0 spiro atoms. The first-order valence-electron chi connectivity index (χ1n) is 8.57. The summed E-state index contributed by atoms with van der Waals surface area (Å²) in [7, 11) is 9.28. The third-order valence-corrected chi connectivity index (χ3v) is 4.63. The SMILES string of the molecule is COc1cc(C2=CN(C)C(O)c3ccccc32)c(OC)cc1CN(C)C. The van der Waals surface area contributed by atoms with Crippen molar-refractivity contribution in [2.45, 2.75) is 12.8 Å². The highest BCUT2D eigenvalue weighted by atomic mass is 16.5. The molecule has 0 amide bonds. The van der Waals surface area contributed by atoms with Crippen LogP contribution in [0.2, 0.25) is 0 Å². The molecule has 0 aliphatic carbocycles. The van der Waals surface area contributed by atoms with Gasteiger partial charge in [-0.3, -0.25) is 0 Å². The van der Waals surface area contributed by atoms with Crippen molar-refractivity contribution in [3.8, 4) is 11.5 Å². The summed E-state index contributed by atoms with van der Waals surface area (Å²) in [4.78, 5) is 3.90. The molecule has 2 aromatic rings. The summed E-state index contributed by atoms with van der Waals surface area (Å²) in [5.74, 6) is 1.61. The molecule has 0 radical (unpaired) electrons. The standard InChI is InChI=1S/C21H26N2O3/c1-22(2)12-14-10-20(26-5)17(11-19(14)25-4)18-13-23(3)21(24)16-9-7-6-8-15(16)18/h6-11,13,21,24H,12H2,1-5H3. The lowest BCUT2D eigenvalue weighted by molar-refractivity contribution is 0.0522. The molecule has 2 aromatic carbocycles. The van der Waals surface area contributed by atoms with Crippen LogP contribution in [0.3, 0.4) is 0 Å². The molecule has 3 rings (SSSR count). The lowest BCUT2D eigenvalue weighted by atomic mass is 9.89. The molecule has 0 saturated heterocycles. The van der Waals surface area contributed by atoms with Crippen LogP contribution in [0, 0.1) is 0 Å². The topological polar surface area (TPSA) is 45.2 Å². The highest BCUT2D eigenvalue weighted by molar-refractivity contribution is 5.86. The fraction of sp³-hybridized carbons (Fsp3) is 0.333. The molecule has 1 unspecified atom stereocenters. The van der Waals surface area contributed by atoms with Gasteiger partial charge in [0.2, 0.25) is 0 Å². The summed E-state index contributed by atoms with van der Waals surface area (Å²) >= 11 is 0. The van der Waals surface area contributed by atoms with Gasteiger partial charge in [0.1, 0.15) is 11.5 Å². The van der Waals surface area contributed by atoms with Crippen molar-refractivity contribution in [2.75, 3.05) is 35.4 Å². The zero-order valence-corrected chi connectivity index (χ0v) is 16.0. The van der Waals surface area contributed by atoms with Crippen LogP contribution in [0.25, 0.3) is 5.57 Å². The van der Waals surface area contributed by atoms with Crippen molar-refractivity contribution in [3.05, 3.63) is 64.9 Å². The van der Waals surface area contributed by atoms with E-state index in [0.717, 1.165) is 45.9 Å². The second-order valence-corrected chi connectivity index (χ2v) is 6.77. The van der Waals surface area contributed by atoms with Crippen LogP contribution >= 0.6 is 0 Å². The number of fused-ring (bicyclic) bond motifs is 1. The molecule has 1 atom stereocenters. The smallest absolute Gasteiger partial charge is 0.153 e. The largest absolute Gasteiger partial charge is 0.496 e. The van der Waals surface area contributed by atoms with Gasteiger partial charge in [-0.2, -0.15) is 0 Å². The minimum absolute atomic E-state index is 0.657. The fourth-order valence-corrected chi connectivity index (χ4v) is 3.38. The van der Waals surface area contributed by atoms with Crippen molar-refractivity contribution in [2.24, 2.45) is 0 Å². The molecular weight excluding hydrogens is 328 g/mol. The van der Waals surface area contributed by atoms with Gasteiger partial charge in [0, 0.05) is 42.1 Å². The molecule has 0 fully saturated rings. The Hall–Kier alpha value is -2.50. The van der Waals surface area contributed by atoms with Gasteiger partial charge in [-0.1, -0.05) is 24.3 Å². The van der Waals surface area contributed by atoms with Crippen molar-refractivity contribution in [3.63, 3.8) is 0 Å². The van der Waals surface area contributed by atoms with E-state index in [4.69, 9.17) is 9.47 Å². The Morgan fingerprint density at radius 1 is 1.04 bits per heavy atom. The second kappa shape index (κ2) is 7.40. The van der Waals surface area contributed by atoms with Gasteiger partial charge < -0.3 is 24.4 Å². The molecule has 1 aliphatic heterocycles. The van der Waals surface area contributed by atoms with E-state index in [-0.39, 0.29) is 0 Å². The van der Waals surface area contributed by atoms with Crippen molar-refractivity contribution in [1.82, 2.24) is 9.80 Å². The summed E-state index contributed by atoms with van der Waals surface area (Å²) in [6.45, 7) is 0.758. The molecule has 1 heterocycles. The van der Waals surface area contributed by atoms with Crippen LogP contribution in [0.4, 0.5) is 0 Å². The van der Waals surface area contributed by atoms with Gasteiger partial charge >= 0.3 is 0 Å². The summed E-state index contributed by atoms with van der Waals surface area (Å²) in [5, 5.41) is 10.5. The van der Waals surface area contributed by atoms with E-state index in [1.807, 2.05) is 63.7 Å². The number of aliphatic hydroxyl groups is 1. The number of benzene rings is 2. The average Bonchev–Trinajstić information content (AvgIpc) is 2.64. The van der Waals surface area contributed by atoms with Gasteiger partial charge in [-0.25, -0.2) is 0 Å². The third kappa shape index (κ3) is 3.28. The Morgan fingerprint density at radius 2 is 1.73 bits per heavy atom. The first kappa shape index (κ1) is 18.3. The Balaban J connectivity index is 2.18. The number of nitrogens with zero attached hydrogens (tertiary/aromatic N) is 2. The van der Waals surface area contributed by atoms with Crippen LogP contribution in [0.5, 0.6) is 11.5 Å². The molecule has 26 heavy (non-hydrogen) atoms. The maximum absolute atomic E-state index is 10.5. The van der Waals surface area contributed by atoms with Crippen molar-refractivity contribution >= 4 is 5.57 Å². The van der Waals surface area contributed by atoms with Crippen LogP contribution < -0.4 is 9.47 Å². The molecule has 0 aromatic heterocycles. The highest BCUT2D eigenvalue weighted by Crippen LogP contribution is 2.41. The summed E-state index contributed by atoms with van der Waals surface area (Å²) in [6.07, 6.45) is 1.30. The first-order chi connectivity index (χ1) is 12.5. The zero-order chi connectivity index (χ0) is 18.8. The number of hydrogen-bond donors (Lipinski definition) is 1. The fourth-order valence-electron chi connectivity index (χ4n) is 3.38. The molecule has 5 nitrogen and oxygen atoms in total. The number of aliphatic hydroxyl groups excluding tert-OH is 1. The Labute approximate surface area is 155 Å². The minimum Gasteiger partial charge on any atom is -0.496 e. The van der Waals surface area contributed by atoms with Crippen LogP contribution in [-0.4, -0.2) is 50.3 Å². The Morgan fingerprint density at radius 3 is 2.38 bits per heavy atom. The van der Waals surface area contributed by atoms with Gasteiger partial charge in [-0.05, 0) is 31.8 Å². The summed E-state index contributed by atoms with van der Waals surface area (Å²) in [6, 6.07) is 11.9. The monoisotopic (exact) mass is 354 g/mol. The molecule has 0 saturated carbocycles. The molecule has 5 heteroatoms. The second-order valence-electron chi connectivity index (χ2n) is 6.77. The van der Waals surface area contributed by atoms with E-state index in [1.54, 1.807) is 19.1 Å². The maximum Gasteiger partial charge on any atom is 0.153 e. The van der Waals surface area contributed by atoms with Gasteiger partial charge in [-0.15, -0.1) is 0 Å². The maximum atomic E-state index is 10.5. The van der Waals surface area contributed by atoms with Crippen LogP contribution in [-0.2, 0) is 6.54 Å². The highest BCUT2D eigenvalue weighted by Gasteiger charge is 2.26. The third-order valence-electron chi connectivity index (χ3n) is 4.63. The van der Waals surface area contributed by atoms with Crippen LogP contribution in [0.15, 0.2) is 42.6 Å². The number of hydrogen-bond acceptors (Lipinski definition) is 5. The Bertz CT molecular complexity index is 830. The predicted octanol–water partition coefficient (Wildman–Crippen LogP) is 3.09. The number of methoxy groups -OCH3 is 2.